The molecule has 0 fully saturated rings. The predicted octanol–water partition coefficient (Wildman–Crippen LogP) is 4.98. The monoisotopic (exact) mass is 398 g/mol. The smallest absolute Gasteiger partial charge is 0.257 e. The van der Waals surface area contributed by atoms with Crippen molar-refractivity contribution in [1.29, 1.82) is 0 Å². The molecule has 2 aromatic rings. The van der Waals surface area contributed by atoms with Crippen molar-refractivity contribution in [3.8, 4) is 5.75 Å². The van der Waals surface area contributed by atoms with Gasteiger partial charge in [-0.1, -0.05) is 26.2 Å². The number of unbranched alkanes of at least 4 members (excludes halogenated alkanes) is 3. The number of amides is 1. The van der Waals surface area contributed by atoms with Crippen molar-refractivity contribution >= 4 is 34.7 Å². The van der Waals surface area contributed by atoms with Crippen LogP contribution < -0.4 is 15.4 Å². The first-order valence-corrected chi connectivity index (χ1v) is 9.86. The second kappa shape index (κ2) is 11.2. The molecule has 0 aliphatic carbocycles. The highest BCUT2D eigenvalue weighted by Crippen LogP contribution is 2.14. The van der Waals surface area contributed by atoms with Gasteiger partial charge in [0.2, 0.25) is 0 Å². The van der Waals surface area contributed by atoms with Crippen LogP contribution in [0, 0.1) is 0 Å². The number of carbonyl (C=O) groups is 2. The molecule has 0 aromatic heterocycles. The van der Waals surface area contributed by atoms with Gasteiger partial charge in [-0.2, -0.15) is 0 Å². The van der Waals surface area contributed by atoms with Gasteiger partial charge in [0.1, 0.15) is 5.75 Å². The van der Waals surface area contributed by atoms with Crippen LogP contribution in [0.2, 0.25) is 0 Å². The molecule has 1 amide bonds. The van der Waals surface area contributed by atoms with E-state index in [0.29, 0.717) is 23.4 Å². The SMILES string of the molecule is CCCCCCOc1ccc(C(=O)NC(=S)Nc2ccc(C(C)=O)cc2)cc1. The van der Waals surface area contributed by atoms with Crippen molar-refractivity contribution in [3.05, 3.63) is 59.7 Å². The molecule has 0 heterocycles. The lowest BCUT2D eigenvalue weighted by Gasteiger charge is -2.10. The lowest BCUT2D eigenvalue weighted by Crippen LogP contribution is -2.34. The third-order valence-corrected chi connectivity index (χ3v) is 4.36. The number of hydrogen-bond donors (Lipinski definition) is 2. The van der Waals surface area contributed by atoms with Crippen molar-refractivity contribution in [2.45, 2.75) is 39.5 Å². The Hall–Kier alpha value is -2.73. The molecule has 148 valence electrons. The van der Waals surface area contributed by atoms with Gasteiger partial charge in [-0.3, -0.25) is 14.9 Å². The highest BCUT2D eigenvalue weighted by Gasteiger charge is 2.09. The van der Waals surface area contributed by atoms with Gasteiger partial charge in [-0.15, -0.1) is 0 Å². The zero-order valence-electron chi connectivity index (χ0n) is 16.3. The predicted molar refractivity (Wildman–Crippen MR) is 116 cm³/mol. The minimum absolute atomic E-state index is 0.00387. The summed E-state index contributed by atoms with van der Waals surface area (Å²) in [6, 6.07) is 13.9. The van der Waals surface area contributed by atoms with E-state index >= 15 is 0 Å². The van der Waals surface area contributed by atoms with Crippen molar-refractivity contribution in [1.82, 2.24) is 5.32 Å². The maximum atomic E-state index is 12.3. The zero-order chi connectivity index (χ0) is 20.4. The van der Waals surface area contributed by atoms with E-state index in [1.807, 2.05) is 0 Å². The van der Waals surface area contributed by atoms with E-state index in [2.05, 4.69) is 17.6 Å². The van der Waals surface area contributed by atoms with Crippen molar-refractivity contribution in [2.24, 2.45) is 0 Å². The normalized spacial score (nSPS) is 10.2. The number of ether oxygens (including phenoxy) is 1. The van der Waals surface area contributed by atoms with E-state index in [1.54, 1.807) is 48.5 Å². The summed E-state index contributed by atoms with van der Waals surface area (Å²) in [5.41, 5.74) is 1.81. The molecule has 28 heavy (non-hydrogen) atoms. The Labute approximate surface area is 171 Å². The first-order chi connectivity index (χ1) is 13.5. The highest BCUT2D eigenvalue weighted by atomic mass is 32.1. The third-order valence-electron chi connectivity index (χ3n) is 4.16. The number of Topliss-reactive ketones (excluding diaryl/α,β-unsaturated/α-hetero) is 1. The average Bonchev–Trinajstić information content (AvgIpc) is 2.68. The van der Waals surface area contributed by atoms with Crippen LogP contribution in [0.1, 0.15) is 60.2 Å². The quantitative estimate of drug-likeness (QED) is 0.354. The Morgan fingerprint density at radius 3 is 2.18 bits per heavy atom. The molecule has 6 heteroatoms. The van der Waals surface area contributed by atoms with Gasteiger partial charge in [-0.25, -0.2) is 0 Å². The van der Waals surface area contributed by atoms with E-state index in [1.165, 1.54) is 26.2 Å². The molecule has 0 atom stereocenters. The van der Waals surface area contributed by atoms with E-state index in [0.717, 1.165) is 12.2 Å². The molecule has 0 saturated heterocycles. The van der Waals surface area contributed by atoms with E-state index in [4.69, 9.17) is 17.0 Å². The lowest BCUT2D eigenvalue weighted by atomic mass is 10.1. The van der Waals surface area contributed by atoms with Crippen LogP contribution in [-0.2, 0) is 0 Å². The van der Waals surface area contributed by atoms with Crippen LogP contribution in [0.4, 0.5) is 5.69 Å². The fourth-order valence-corrected chi connectivity index (χ4v) is 2.76. The van der Waals surface area contributed by atoms with Gasteiger partial charge in [0.25, 0.3) is 5.91 Å². The summed E-state index contributed by atoms with van der Waals surface area (Å²) in [6.07, 6.45) is 4.61. The minimum atomic E-state index is -0.299. The molecule has 0 radical (unpaired) electrons. The van der Waals surface area contributed by atoms with Gasteiger partial charge in [0.05, 0.1) is 6.61 Å². The molecule has 0 saturated carbocycles. The molecular weight excluding hydrogens is 372 g/mol. The molecule has 2 aromatic carbocycles. The number of ketones is 1. The number of hydrogen-bond acceptors (Lipinski definition) is 4. The first-order valence-electron chi connectivity index (χ1n) is 9.46. The summed E-state index contributed by atoms with van der Waals surface area (Å²) in [7, 11) is 0. The lowest BCUT2D eigenvalue weighted by molar-refractivity contribution is 0.0976. The molecule has 0 unspecified atom stereocenters. The molecule has 0 bridgehead atoms. The van der Waals surface area contributed by atoms with E-state index < -0.39 is 0 Å². The fourth-order valence-electron chi connectivity index (χ4n) is 2.55. The Bertz CT molecular complexity index is 802. The molecular formula is C22H26N2O3S. The number of thiocarbonyl (C=S) groups is 1. The number of benzene rings is 2. The van der Waals surface area contributed by atoms with Crippen LogP contribution in [-0.4, -0.2) is 23.4 Å². The maximum absolute atomic E-state index is 12.3. The largest absolute Gasteiger partial charge is 0.494 e. The van der Waals surface area contributed by atoms with Crippen LogP contribution in [0.25, 0.3) is 0 Å². The molecule has 0 aliphatic heterocycles. The standard InChI is InChI=1S/C22H26N2O3S/c1-3-4-5-6-15-27-20-13-9-18(10-14-20)21(26)24-22(28)23-19-11-7-17(8-12-19)16(2)25/h7-14H,3-6,15H2,1-2H3,(H2,23,24,26,28). The van der Waals surface area contributed by atoms with Gasteiger partial charge in [-0.05, 0) is 74.1 Å². The van der Waals surface area contributed by atoms with E-state index in [-0.39, 0.29) is 16.8 Å². The number of anilines is 1. The summed E-state index contributed by atoms with van der Waals surface area (Å²) in [6.45, 7) is 4.37. The fraction of sp³-hybridized carbons (Fsp3) is 0.318. The summed E-state index contributed by atoms with van der Waals surface area (Å²) >= 11 is 5.18. The second-order valence-corrected chi connectivity index (χ2v) is 6.88. The maximum Gasteiger partial charge on any atom is 0.257 e. The Kier molecular flexibility index (Phi) is 8.62. The molecule has 0 aliphatic rings. The van der Waals surface area contributed by atoms with Crippen LogP contribution in [0.15, 0.2) is 48.5 Å². The Morgan fingerprint density at radius 1 is 0.929 bits per heavy atom. The van der Waals surface area contributed by atoms with E-state index in [9.17, 15) is 9.59 Å². The van der Waals surface area contributed by atoms with Gasteiger partial charge in [0.15, 0.2) is 10.9 Å². The Morgan fingerprint density at radius 2 is 1.57 bits per heavy atom. The summed E-state index contributed by atoms with van der Waals surface area (Å²) in [5.74, 6) is 0.447. The molecule has 0 spiro atoms. The average molecular weight is 399 g/mol. The topological polar surface area (TPSA) is 67.4 Å². The highest BCUT2D eigenvalue weighted by molar-refractivity contribution is 7.80. The van der Waals surface area contributed by atoms with Crippen LogP contribution >= 0.6 is 12.2 Å². The van der Waals surface area contributed by atoms with Gasteiger partial charge >= 0.3 is 0 Å². The number of carbonyl (C=O) groups excluding carboxylic acids is 2. The summed E-state index contributed by atoms with van der Waals surface area (Å²) in [4.78, 5) is 23.6. The number of rotatable bonds is 9. The zero-order valence-corrected chi connectivity index (χ0v) is 17.1. The Balaban J connectivity index is 1.81. The van der Waals surface area contributed by atoms with Crippen molar-refractivity contribution < 1.29 is 14.3 Å². The molecule has 5 nitrogen and oxygen atoms in total. The second-order valence-electron chi connectivity index (χ2n) is 6.48. The van der Waals surface area contributed by atoms with Gasteiger partial charge < -0.3 is 10.1 Å². The van der Waals surface area contributed by atoms with Crippen molar-refractivity contribution in [3.63, 3.8) is 0 Å². The number of nitrogens with one attached hydrogen (secondary N) is 2. The van der Waals surface area contributed by atoms with Crippen LogP contribution in [0.3, 0.4) is 0 Å². The first kappa shape index (κ1) is 21.6. The van der Waals surface area contributed by atoms with Gasteiger partial charge in [0, 0.05) is 16.8 Å². The van der Waals surface area contributed by atoms with Crippen molar-refractivity contribution in [2.75, 3.05) is 11.9 Å². The minimum Gasteiger partial charge on any atom is -0.494 e. The molecule has 2 N–H and O–H groups in total. The van der Waals surface area contributed by atoms with Crippen LogP contribution in [0.5, 0.6) is 5.75 Å². The molecule has 2 rings (SSSR count). The summed E-state index contributed by atoms with van der Waals surface area (Å²) in [5, 5.41) is 5.76. The third kappa shape index (κ3) is 7.12. The summed E-state index contributed by atoms with van der Waals surface area (Å²) < 4.78 is 5.68.